The molecule has 0 bridgehead atoms. The van der Waals surface area contributed by atoms with Gasteiger partial charge in [-0.2, -0.15) is 0 Å². The lowest BCUT2D eigenvalue weighted by molar-refractivity contribution is -0.137. The van der Waals surface area contributed by atoms with Crippen molar-refractivity contribution in [2.75, 3.05) is 49.1 Å². The number of likely N-dealkylation sites (tertiary alicyclic amines) is 1. The molecule has 0 aromatic carbocycles. The van der Waals surface area contributed by atoms with E-state index in [9.17, 15) is 4.79 Å². The van der Waals surface area contributed by atoms with E-state index in [-0.39, 0.29) is 5.92 Å². The lowest BCUT2D eigenvalue weighted by atomic mass is 9.94. The Balaban J connectivity index is 1.30. The fourth-order valence-corrected chi connectivity index (χ4v) is 4.49. The van der Waals surface area contributed by atoms with Gasteiger partial charge in [-0.05, 0) is 51.4 Å². The van der Waals surface area contributed by atoms with Crippen molar-refractivity contribution < 1.29 is 4.79 Å². The van der Waals surface area contributed by atoms with Crippen molar-refractivity contribution in [1.29, 1.82) is 0 Å². The number of hydrogen-bond donors (Lipinski definition) is 0. The van der Waals surface area contributed by atoms with Crippen molar-refractivity contribution >= 4 is 17.5 Å². The Labute approximate surface area is 156 Å². The maximum Gasteiger partial charge on any atom is 0.225 e. The van der Waals surface area contributed by atoms with Crippen molar-refractivity contribution in [2.24, 2.45) is 5.92 Å². The van der Waals surface area contributed by atoms with Crippen molar-refractivity contribution in [3.8, 4) is 0 Å². The Morgan fingerprint density at radius 1 is 0.769 bits per heavy atom. The minimum atomic E-state index is 0.206. The van der Waals surface area contributed by atoms with Crippen LogP contribution in [0, 0.1) is 5.92 Å². The smallest absolute Gasteiger partial charge is 0.225 e. The predicted octanol–water partition coefficient (Wildman–Crippen LogP) is 2.70. The summed E-state index contributed by atoms with van der Waals surface area (Å²) in [7, 11) is 0. The molecule has 0 radical (unpaired) electrons. The van der Waals surface area contributed by atoms with Gasteiger partial charge in [-0.1, -0.05) is 0 Å². The zero-order valence-electron chi connectivity index (χ0n) is 15.8. The fraction of sp³-hybridized carbons (Fsp3) is 0.750. The van der Waals surface area contributed by atoms with Gasteiger partial charge in [-0.15, -0.1) is 0 Å². The summed E-state index contributed by atoms with van der Waals surface area (Å²) in [6.45, 7) is 5.93. The third-order valence-electron chi connectivity index (χ3n) is 6.14. The number of nitrogens with zero attached hydrogens (tertiary/aromatic N) is 5. The summed E-state index contributed by atoms with van der Waals surface area (Å²) < 4.78 is 0. The molecule has 3 fully saturated rings. The largest absolute Gasteiger partial charge is 0.369 e. The summed E-state index contributed by atoms with van der Waals surface area (Å²) in [5, 5.41) is 0. The van der Waals surface area contributed by atoms with E-state index >= 15 is 0 Å². The number of piperidine rings is 3. The van der Waals surface area contributed by atoms with Gasteiger partial charge in [0.25, 0.3) is 0 Å². The first-order valence-electron chi connectivity index (χ1n) is 10.4. The van der Waals surface area contributed by atoms with Gasteiger partial charge in [0.05, 0.1) is 18.1 Å². The highest BCUT2D eigenvalue weighted by atomic mass is 16.2. The normalized spacial score (nSPS) is 22.5. The summed E-state index contributed by atoms with van der Waals surface area (Å²) in [4.78, 5) is 28.6. The van der Waals surface area contributed by atoms with Crippen LogP contribution in [0.1, 0.15) is 51.4 Å². The molecule has 4 rings (SSSR count). The molecule has 0 spiro atoms. The van der Waals surface area contributed by atoms with Gasteiger partial charge < -0.3 is 14.7 Å². The van der Waals surface area contributed by atoms with Gasteiger partial charge in [0.15, 0.2) is 0 Å². The Morgan fingerprint density at radius 3 is 1.96 bits per heavy atom. The summed E-state index contributed by atoms with van der Waals surface area (Å²) in [6.07, 6.45) is 13.2. The number of amides is 1. The monoisotopic (exact) mass is 357 g/mol. The fourth-order valence-electron chi connectivity index (χ4n) is 4.49. The number of aromatic nitrogens is 2. The molecule has 0 saturated carbocycles. The van der Waals surface area contributed by atoms with E-state index < -0.39 is 0 Å². The van der Waals surface area contributed by atoms with E-state index in [1.807, 2.05) is 12.4 Å². The highest BCUT2D eigenvalue weighted by Crippen LogP contribution is 2.26. The van der Waals surface area contributed by atoms with Crippen LogP contribution < -0.4 is 9.80 Å². The number of carbonyl (C=O) groups is 1. The molecule has 0 atom stereocenters. The lowest BCUT2D eigenvalue weighted by Gasteiger charge is -2.36. The minimum Gasteiger partial charge on any atom is -0.369 e. The summed E-state index contributed by atoms with van der Waals surface area (Å²) >= 11 is 0. The molecule has 142 valence electrons. The second kappa shape index (κ2) is 8.23. The molecule has 3 aliphatic heterocycles. The first-order valence-corrected chi connectivity index (χ1v) is 10.4. The summed E-state index contributed by atoms with van der Waals surface area (Å²) in [5.74, 6) is 1.46. The van der Waals surface area contributed by atoms with Crippen LogP contribution in [0.4, 0.5) is 11.6 Å². The maximum atomic E-state index is 12.7. The molecule has 0 unspecified atom stereocenters. The molecule has 0 aliphatic carbocycles. The molecular weight excluding hydrogens is 326 g/mol. The number of hydrogen-bond acceptors (Lipinski definition) is 5. The predicted molar refractivity (Wildman–Crippen MR) is 103 cm³/mol. The second-order valence-corrected chi connectivity index (χ2v) is 7.94. The maximum absolute atomic E-state index is 12.7. The molecule has 0 N–H and O–H groups in total. The van der Waals surface area contributed by atoms with E-state index in [2.05, 4.69) is 24.7 Å². The van der Waals surface area contributed by atoms with Crippen LogP contribution in [-0.2, 0) is 4.79 Å². The third kappa shape index (κ3) is 3.94. The van der Waals surface area contributed by atoms with Gasteiger partial charge in [-0.25, -0.2) is 9.97 Å². The molecule has 4 heterocycles. The van der Waals surface area contributed by atoms with E-state index in [1.165, 1.54) is 38.5 Å². The van der Waals surface area contributed by atoms with Crippen LogP contribution >= 0.6 is 0 Å². The Hall–Kier alpha value is -1.85. The molecule has 1 amide bonds. The van der Waals surface area contributed by atoms with Crippen LogP contribution in [0.2, 0.25) is 0 Å². The third-order valence-corrected chi connectivity index (χ3v) is 6.14. The van der Waals surface area contributed by atoms with E-state index in [0.29, 0.717) is 5.91 Å². The molecule has 3 aliphatic rings. The van der Waals surface area contributed by atoms with Crippen LogP contribution in [-0.4, -0.2) is 60.0 Å². The molecule has 3 saturated heterocycles. The summed E-state index contributed by atoms with van der Waals surface area (Å²) in [5.41, 5.74) is 1.09. The van der Waals surface area contributed by atoms with Crippen LogP contribution in [0.25, 0.3) is 0 Å². The average molecular weight is 358 g/mol. The first kappa shape index (κ1) is 17.6. The molecule has 6 heteroatoms. The van der Waals surface area contributed by atoms with E-state index in [4.69, 9.17) is 0 Å². The quantitative estimate of drug-likeness (QED) is 0.832. The van der Waals surface area contributed by atoms with Crippen molar-refractivity contribution in [2.45, 2.75) is 51.4 Å². The molecule has 26 heavy (non-hydrogen) atoms. The molecule has 1 aromatic rings. The van der Waals surface area contributed by atoms with E-state index in [0.717, 1.165) is 63.7 Å². The highest BCUT2D eigenvalue weighted by Gasteiger charge is 2.29. The van der Waals surface area contributed by atoms with Gasteiger partial charge in [0.2, 0.25) is 11.9 Å². The average Bonchev–Trinajstić information content (AvgIpc) is 2.75. The number of rotatable bonds is 3. The van der Waals surface area contributed by atoms with Crippen molar-refractivity contribution in [3.63, 3.8) is 0 Å². The highest BCUT2D eigenvalue weighted by molar-refractivity contribution is 5.79. The Kier molecular flexibility index (Phi) is 5.56. The molecule has 1 aromatic heterocycles. The standard InChI is InChI=1S/C20H31N5O/c26-19(24-9-3-1-4-10-24)17-7-13-23(14-8-17)18-15-21-20(22-16-18)25-11-5-2-6-12-25/h15-17H,1-14H2. The minimum absolute atomic E-state index is 0.206. The van der Waals surface area contributed by atoms with Gasteiger partial charge in [-0.3, -0.25) is 4.79 Å². The Morgan fingerprint density at radius 2 is 1.35 bits per heavy atom. The topological polar surface area (TPSA) is 52.6 Å². The number of anilines is 2. The molecule has 6 nitrogen and oxygen atoms in total. The van der Waals surface area contributed by atoms with Crippen LogP contribution in [0.15, 0.2) is 12.4 Å². The van der Waals surface area contributed by atoms with Gasteiger partial charge in [0.1, 0.15) is 0 Å². The van der Waals surface area contributed by atoms with Gasteiger partial charge >= 0.3 is 0 Å². The SMILES string of the molecule is O=C(C1CCN(c2cnc(N3CCCCC3)nc2)CC1)N1CCCCC1. The zero-order valence-corrected chi connectivity index (χ0v) is 15.8. The summed E-state index contributed by atoms with van der Waals surface area (Å²) in [6, 6.07) is 0. The van der Waals surface area contributed by atoms with Gasteiger partial charge in [0, 0.05) is 45.2 Å². The second-order valence-electron chi connectivity index (χ2n) is 7.94. The lowest BCUT2D eigenvalue weighted by Crippen LogP contribution is -2.44. The number of carbonyl (C=O) groups excluding carboxylic acids is 1. The van der Waals surface area contributed by atoms with Crippen molar-refractivity contribution in [3.05, 3.63) is 12.4 Å². The van der Waals surface area contributed by atoms with Crippen LogP contribution in [0.3, 0.4) is 0 Å². The molecular formula is C20H31N5O. The van der Waals surface area contributed by atoms with Crippen LogP contribution in [0.5, 0.6) is 0 Å². The zero-order chi connectivity index (χ0) is 17.8. The van der Waals surface area contributed by atoms with E-state index in [1.54, 1.807) is 0 Å². The Bertz CT molecular complexity index is 585. The first-order chi connectivity index (χ1) is 12.8. The van der Waals surface area contributed by atoms with Crippen molar-refractivity contribution in [1.82, 2.24) is 14.9 Å².